The van der Waals surface area contributed by atoms with Gasteiger partial charge >= 0.3 is 0 Å². The highest BCUT2D eigenvalue weighted by Crippen LogP contribution is 2.27. The highest BCUT2D eigenvalue weighted by molar-refractivity contribution is 7.86. The Bertz CT molecular complexity index is 906. The van der Waals surface area contributed by atoms with Gasteiger partial charge in [-0.2, -0.15) is 8.42 Å². The highest BCUT2D eigenvalue weighted by atomic mass is 32.2. The van der Waals surface area contributed by atoms with Crippen LogP contribution in [-0.2, 0) is 14.3 Å². The fourth-order valence-corrected chi connectivity index (χ4v) is 5.79. The molecule has 2 atom stereocenters. The normalized spacial score (nSPS) is 13.5. The van der Waals surface area contributed by atoms with Crippen LogP contribution in [0.5, 0.6) is 0 Å². The maximum atomic E-state index is 13.0. The van der Waals surface area contributed by atoms with Gasteiger partial charge < -0.3 is 0 Å². The predicted octanol–water partition coefficient (Wildman–Crippen LogP) is 9.78. The minimum Gasteiger partial charge on any atom is -0.266 e. The summed E-state index contributed by atoms with van der Waals surface area (Å²) in [6.07, 6.45) is 17.2. The molecule has 4 heteroatoms. The van der Waals surface area contributed by atoms with Crippen molar-refractivity contribution in [3.8, 4) is 0 Å². The van der Waals surface area contributed by atoms with E-state index in [4.69, 9.17) is 4.18 Å². The van der Waals surface area contributed by atoms with E-state index in [1.54, 1.807) is 12.1 Å². The van der Waals surface area contributed by atoms with Gasteiger partial charge in [-0.3, -0.25) is 4.18 Å². The Hall–Kier alpha value is -1.65. The molecule has 2 aromatic rings. The largest absolute Gasteiger partial charge is 0.296 e. The Kier molecular flexibility index (Phi) is 15.1. The molecule has 2 unspecified atom stereocenters. The zero-order valence-corrected chi connectivity index (χ0v) is 23.9. The van der Waals surface area contributed by atoms with Crippen molar-refractivity contribution in [3.05, 3.63) is 65.7 Å². The van der Waals surface area contributed by atoms with Crippen LogP contribution in [0.15, 0.2) is 59.5 Å². The second kappa shape index (κ2) is 17.7. The van der Waals surface area contributed by atoms with E-state index in [2.05, 4.69) is 32.9 Å². The van der Waals surface area contributed by atoms with Gasteiger partial charge in [0.05, 0.1) is 11.5 Å². The molecule has 0 saturated heterocycles. The van der Waals surface area contributed by atoms with Gasteiger partial charge in [0, 0.05) is 5.92 Å². The molecule has 202 valence electrons. The van der Waals surface area contributed by atoms with Crippen LogP contribution in [0, 0.1) is 0 Å². The highest BCUT2D eigenvalue weighted by Gasteiger charge is 2.20. The monoisotopic (exact) mass is 514 g/mol. The third-order valence-corrected chi connectivity index (χ3v) is 8.63. The lowest BCUT2D eigenvalue weighted by molar-refractivity contribution is 0.282. The first kappa shape index (κ1) is 30.6. The predicted molar refractivity (Wildman–Crippen MR) is 153 cm³/mol. The van der Waals surface area contributed by atoms with Crippen molar-refractivity contribution >= 4 is 10.1 Å². The molecule has 0 heterocycles. The van der Waals surface area contributed by atoms with Crippen molar-refractivity contribution in [2.75, 3.05) is 6.61 Å². The molecule has 0 radical (unpaired) electrons. The maximum absolute atomic E-state index is 13.0. The zero-order valence-electron chi connectivity index (χ0n) is 23.1. The Morgan fingerprint density at radius 1 is 0.639 bits per heavy atom. The second-order valence-corrected chi connectivity index (χ2v) is 12.0. The number of hydrogen-bond donors (Lipinski definition) is 0. The lowest BCUT2D eigenvalue weighted by Crippen LogP contribution is -2.14. The molecule has 2 rings (SSSR count). The van der Waals surface area contributed by atoms with Gasteiger partial charge in [0.2, 0.25) is 0 Å². The molecule has 0 N–H and O–H groups in total. The van der Waals surface area contributed by atoms with Crippen LogP contribution < -0.4 is 0 Å². The first-order chi connectivity index (χ1) is 17.5. The average molecular weight is 515 g/mol. The standard InChI is InChI=1S/C32H50O3S/c1-4-6-8-10-12-15-19-28(3)29-23-25-32(26-24-29)36(33,34)35-27-31(30-20-17-14-18-21-30)22-16-13-11-9-7-5-2/h14,17-18,20-21,23-26,28,31H,4-13,15-16,19,22,27H2,1-3H3. The number of rotatable bonds is 20. The van der Waals surface area contributed by atoms with Crippen molar-refractivity contribution < 1.29 is 12.6 Å². The van der Waals surface area contributed by atoms with Crippen LogP contribution in [0.4, 0.5) is 0 Å². The zero-order chi connectivity index (χ0) is 26.1. The SMILES string of the molecule is CCCCCCCCC(C)c1ccc(S(=O)(=O)OCC(CCCCCCCC)c2ccccc2)cc1. The Morgan fingerprint density at radius 3 is 1.75 bits per heavy atom. The quantitative estimate of drug-likeness (QED) is 0.130. The molecule has 0 aliphatic rings. The van der Waals surface area contributed by atoms with Crippen molar-refractivity contribution in [1.29, 1.82) is 0 Å². The van der Waals surface area contributed by atoms with E-state index < -0.39 is 10.1 Å². The molecule has 0 amide bonds. The summed E-state index contributed by atoms with van der Waals surface area (Å²) in [4.78, 5) is 0.254. The van der Waals surface area contributed by atoms with E-state index in [1.807, 2.05) is 30.3 Å². The molecule has 36 heavy (non-hydrogen) atoms. The molecule has 0 spiro atoms. The van der Waals surface area contributed by atoms with E-state index in [0.717, 1.165) is 24.8 Å². The van der Waals surface area contributed by atoms with Gasteiger partial charge in [-0.05, 0) is 42.0 Å². The van der Waals surface area contributed by atoms with Crippen molar-refractivity contribution in [2.24, 2.45) is 0 Å². The second-order valence-electron chi connectivity index (χ2n) is 10.4. The van der Waals surface area contributed by atoms with Crippen LogP contribution in [0.25, 0.3) is 0 Å². The topological polar surface area (TPSA) is 43.4 Å². The number of unbranched alkanes of at least 4 members (excludes halogenated alkanes) is 10. The van der Waals surface area contributed by atoms with Crippen molar-refractivity contribution in [2.45, 2.75) is 127 Å². The summed E-state index contributed by atoms with van der Waals surface area (Å²) >= 11 is 0. The number of hydrogen-bond acceptors (Lipinski definition) is 3. The first-order valence-electron chi connectivity index (χ1n) is 14.5. The van der Waals surface area contributed by atoms with Crippen LogP contribution in [0.1, 0.15) is 134 Å². The molecule has 0 aliphatic heterocycles. The van der Waals surface area contributed by atoms with Crippen molar-refractivity contribution in [1.82, 2.24) is 0 Å². The van der Waals surface area contributed by atoms with Gasteiger partial charge in [0.1, 0.15) is 0 Å². The summed E-state index contributed by atoms with van der Waals surface area (Å²) < 4.78 is 31.6. The lowest BCUT2D eigenvalue weighted by atomic mass is 9.93. The summed E-state index contributed by atoms with van der Waals surface area (Å²) in [5.41, 5.74) is 2.35. The third-order valence-electron chi connectivity index (χ3n) is 7.33. The molecular weight excluding hydrogens is 464 g/mol. The molecule has 0 fully saturated rings. The Morgan fingerprint density at radius 2 is 1.17 bits per heavy atom. The van der Waals surface area contributed by atoms with Gasteiger partial charge in [-0.25, -0.2) is 0 Å². The summed E-state index contributed by atoms with van der Waals surface area (Å²) in [6.45, 7) is 6.90. The minimum absolute atomic E-state index is 0.0868. The van der Waals surface area contributed by atoms with Gasteiger partial charge in [0.25, 0.3) is 10.1 Å². The van der Waals surface area contributed by atoms with Crippen LogP contribution in [0.3, 0.4) is 0 Å². The molecule has 2 aromatic carbocycles. The van der Waals surface area contributed by atoms with Crippen LogP contribution in [0.2, 0.25) is 0 Å². The summed E-state index contributed by atoms with van der Waals surface area (Å²) in [7, 11) is -3.78. The number of benzene rings is 2. The van der Waals surface area contributed by atoms with E-state index >= 15 is 0 Å². The van der Waals surface area contributed by atoms with Gasteiger partial charge in [0.15, 0.2) is 0 Å². The molecule has 0 bridgehead atoms. The van der Waals surface area contributed by atoms with Gasteiger partial charge in [-0.1, -0.05) is 140 Å². The molecule has 0 saturated carbocycles. The molecular formula is C32H50O3S. The summed E-state index contributed by atoms with van der Waals surface area (Å²) in [6, 6.07) is 17.5. The average Bonchev–Trinajstić information content (AvgIpc) is 2.90. The molecule has 0 aromatic heterocycles. The fourth-order valence-electron chi connectivity index (χ4n) is 4.84. The Labute approximate surface area is 222 Å². The summed E-state index contributed by atoms with van der Waals surface area (Å²) in [5, 5.41) is 0. The summed E-state index contributed by atoms with van der Waals surface area (Å²) in [5.74, 6) is 0.525. The van der Waals surface area contributed by atoms with E-state index in [0.29, 0.717) is 5.92 Å². The first-order valence-corrected chi connectivity index (χ1v) is 15.9. The smallest absolute Gasteiger partial charge is 0.266 e. The van der Waals surface area contributed by atoms with Crippen LogP contribution >= 0.6 is 0 Å². The fraction of sp³-hybridized carbons (Fsp3) is 0.625. The van der Waals surface area contributed by atoms with Gasteiger partial charge in [-0.15, -0.1) is 0 Å². The minimum atomic E-state index is -3.78. The lowest BCUT2D eigenvalue weighted by Gasteiger charge is -2.18. The van der Waals surface area contributed by atoms with E-state index in [9.17, 15) is 8.42 Å². The molecule has 0 aliphatic carbocycles. The van der Waals surface area contributed by atoms with Crippen molar-refractivity contribution in [3.63, 3.8) is 0 Å². The van der Waals surface area contributed by atoms with E-state index in [-0.39, 0.29) is 17.4 Å². The van der Waals surface area contributed by atoms with E-state index in [1.165, 1.54) is 76.2 Å². The molecule has 3 nitrogen and oxygen atoms in total. The maximum Gasteiger partial charge on any atom is 0.296 e. The third kappa shape index (κ3) is 11.6. The van der Waals surface area contributed by atoms with Crippen LogP contribution in [-0.4, -0.2) is 15.0 Å². The Balaban J connectivity index is 1.88.